The van der Waals surface area contributed by atoms with E-state index >= 15 is 0 Å². The first kappa shape index (κ1) is 25.7. The number of benzene rings is 6. The Morgan fingerprint density at radius 3 is 1.96 bits per heavy atom. The highest BCUT2D eigenvalue weighted by atomic mass is 15.1. The van der Waals surface area contributed by atoms with Gasteiger partial charge in [0, 0.05) is 45.7 Å². The van der Waals surface area contributed by atoms with E-state index in [1.165, 1.54) is 71.9 Å². The van der Waals surface area contributed by atoms with Crippen LogP contribution in [0.1, 0.15) is 11.3 Å². The van der Waals surface area contributed by atoms with Crippen molar-refractivity contribution in [1.29, 1.82) is 0 Å². The molecule has 45 heavy (non-hydrogen) atoms. The van der Waals surface area contributed by atoms with Crippen LogP contribution in [0.2, 0.25) is 0 Å². The molecular weight excluding hydrogens is 546 g/mol. The number of hydrogen-bond acceptors (Lipinski definition) is 1. The molecule has 0 amide bonds. The van der Waals surface area contributed by atoms with Gasteiger partial charge in [0.25, 0.3) is 0 Å². The van der Waals surface area contributed by atoms with E-state index in [4.69, 9.17) is 0 Å². The first-order chi connectivity index (χ1) is 22.2. The first-order valence-corrected chi connectivity index (χ1v) is 15.5. The van der Waals surface area contributed by atoms with Gasteiger partial charge in [-0.3, -0.25) is 0 Å². The molecule has 0 radical (unpaired) electrons. The fourth-order valence-electron chi connectivity index (χ4n) is 7.19. The van der Waals surface area contributed by atoms with E-state index in [0.29, 0.717) is 0 Å². The lowest BCUT2D eigenvalue weighted by Gasteiger charge is -2.21. The quantitative estimate of drug-likeness (QED) is 0.203. The highest BCUT2D eigenvalue weighted by Crippen LogP contribution is 2.41. The van der Waals surface area contributed by atoms with Gasteiger partial charge in [-0.15, -0.1) is 0 Å². The monoisotopic (exact) mass is 577 g/mol. The molecule has 3 heterocycles. The van der Waals surface area contributed by atoms with Crippen molar-refractivity contribution in [3.05, 3.63) is 163 Å². The van der Waals surface area contributed by atoms with Gasteiger partial charge in [-0.05, 0) is 65.4 Å². The van der Waals surface area contributed by atoms with Crippen LogP contribution in [0.3, 0.4) is 0 Å². The number of aromatic nitrogens is 2. The number of nitrogens with zero attached hydrogens (tertiary/aromatic N) is 3. The third-order valence-corrected chi connectivity index (χ3v) is 9.26. The predicted molar refractivity (Wildman–Crippen MR) is 189 cm³/mol. The second-order valence-electron chi connectivity index (χ2n) is 12.0. The maximum atomic E-state index is 2.47. The molecule has 0 saturated carbocycles. The van der Waals surface area contributed by atoms with E-state index < -0.39 is 0 Å². The third kappa shape index (κ3) is 4.05. The molecule has 0 unspecified atom stereocenters. The van der Waals surface area contributed by atoms with Crippen molar-refractivity contribution in [1.82, 2.24) is 14.0 Å². The van der Waals surface area contributed by atoms with Gasteiger partial charge in [0.2, 0.25) is 0 Å². The molecule has 3 nitrogen and oxygen atoms in total. The minimum Gasteiger partial charge on any atom is -0.375 e. The van der Waals surface area contributed by atoms with Crippen molar-refractivity contribution in [3.63, 3.8) is 0 Å². The van der Waals surface area contributed by atoms with E-state index in [0.717, 1.165) is 12.2 Å². The predicted octanol–water partition coefficient (Wildman–Crippen LogP) is 10.5. The molecule has 1 aliphatic rings. The van der Waals surface area contributed by atoms with Gasteiger partial charge in [0.05, 0.1) is 28.8 Å². The van der Waals surface area contributed by atoms with Crippen molar-refractivity contribution in [2.45, 2.75) is 6.54 Å². The molecular formula is C42H31N3. The molecule has 0 aliphatic carbocycles. The summed E-state index contributed by atoms with van der Waals surface area (Å²) < 4.78 is 4.89. The van der Waals surface area contributed by atoms with Crippen LogP contribution < -0.4 is 0 Å². The largest absolute Gasteiger partial charge is 0.375 e. The van der Waals surface area contributed by atoms with Gasteiger partial charge in [-0.2, -0.15) is 0 Å². The van der Waals surface area contributed by atoms with Crippen molar-refractivity contribution < 1.29 is 0 Å². The van der Waals surface area contributed by atoms with Crippen molar-refractivity contribution in [3.8, 4) is 33.6 Å². The summed E-state index contributed by atoms with van der Waals surface area (Å²) in [6.07, 6.45) is 4.46. The lowest BCUT2D eigenvalue weighted by atomic mass is 9.99. The Morgan fingerprint density at radius 1 is 0.489 bits per heavy atom. The van der Waals surface area contributed by atoms with Crippen LogP contribution in [0.25, 0.3) is 72.4 Å². The Bertz CT molecular complexity index is 2390. The average Bonchev–Trinajstić information content (AvgIpc) is 3.61. The van der Waals surface area contributed by atoms with Crippen LogP contribution in [-0.4, -0.2) is 21.1 Å². The van der Waals surface area contributed by atoms with Crippen LogP contribution in [-0.2, 0) is 6.54 Å². The van der Waals surface area contributed by atoms with Crippen LogP contribution in [0, 0.1) is 0 Å². The van der Waals surface area contributed by atoms with Gasteiger partial charge in [-0.25, -0.2) is 0 Å². The Hall–Kier alpha value is -5.80. The van der Waals surface area contributed by atoms with Crippen molar-refractivity contribution in [2.24, 2.45) is 0 Å². The second-order valence-corrected chi connectivity index (χ2v) is 12.0. The molecule has 1 aliphatic heterocycles. The summed E-state index contributed by atoms with van der Waals surface area (Å²) in [6, 6.07) is 52.9. The maximum absolute atomic E-state index is 2.47. The summed E-state index contributed by atoms with van der Waals surface area (Å²) in [5, 5.41) is 3.81. The summed E-state index contributed by atoms with van der Waals surface area (Å²) in [6.45, 7) is 0.862. The van der Waals surface area contributed by atoms with E-state index in [9.17, 15) is 0 Å². The first-order valence-electron chi connectivity index (χ1n) is 15.5. The van der Waals surface area contributed by atoms with Crippen LogP contribution in [0.5, 0.6) is 0 Å². The topological polar surface area (TPSA) is 13.1 Å². The molecule has 6 aromatic carbocycles. The number of rotatable bonds is 4. The lowest BCUT2D eigenvalue weighted by Crippen LogP contribution is -2.17. The van der Waals surface area contributed by atoms with Gasteiger partial charge in [0.1, 0.15) is 0 Å². The summed E-state index contributed by atoms with van der Waals surface area (Å²) in [5.74, 6) is 0. The van der Waals surface area contributed by atoms with Gasteiger partial charge < -0.3 is 14.0 Å². The number of hydrogen-bond donors (Lipinski definition) is 0. The van der Waals surface area contributed by atoms with Crippen molar-refractivity contribution >= 4 is 38.8 Å². The zero-order chi connectivity index (χ0) is 29.9. The molecule has 2 aromatic heterocycles. The van der Waals surface area contributed by atoms with E-state index in [1.807, 2.05) is 0 Å². The average molecular weight is 578 g/mol. The Morgan fingerprint density at radius 2 is 1.13 bits per heavy atom. The molecule has 214 valence electrons. The zero-order valence-corrected chi connectivity index (χ0v) is 25.1. The van der Waals surface area contributed by atoms with Gasteiger partial charge in [-0.1, -0.05) is 109 Å². The zero-order valence-electron chi connectivity index (χ0n) is 25.1. The molecule has 0 bridgehead atoms. The van der Waals surface area contributed by atoms with E-state index in [-0.39, 0.29) is 0 Å². The normalized spacial score (nSPS) is 12.8. The van der Waals surface area contributed by atoms with Crippen LogP contribution in [0.4, 0.5) is 0 Å². The molecule has 3 heteroatoms. The molecule has 9 rings (SSSR count). The fraction of sp³-hybridized carbons (Fsp3) is 0.0476. The summed E-state index contributed by atoms with van der Waals surface area (Å²) in [7, 11) is 2.15. The molecule has 0 saturated heterocycles. The van der Waals surface area contributed by atoms with E-state index in [1.54, 1.807) is 0 Å². The van der Waals surface area contributed by atoms with Crippen molar-refractivity contribution in [2.75, 3.05) is 7.05 Å². The fourth-order valence-corrected chi connectivity index (χ4v) is 7.19. The summed E-state index contributed by atoms with van der Waals surface area (Å²) in [4.78, 5) is 2.26. The maximum Gasteiger partial charge on any atom is 0.0616 e. The van der Waals surface area contributed by atoms with Crippen LogP contribution >= 0.6 is 0 Å². The minimum atomic E-state index is 0.862. The van der Waals surface area contributed by atoms with Gasteiger partial charge >= 0.3 is 0 Å². The molecule has 0 atom stereocenters. The minimum absolute atomic E-state index is 0.862. The highest BCUT2D eigenvalue weighted by molar-refractivity contribution is 6.11. The smallest absolute Gasteiger partial charge is 0.0616 e. The lowest BCUT2D eigenvalue weighted by molar-refractivity contribution is 0.438. The Balaban J connectivity index is 1.29. The van der Waals surface area contributed by atoms with Gasteiger partial charge in [0.15, 0.2) is 0 Å². The summed E-state index contributed by atoms with van der Waals surface area (Å²) in [5.41, 5.74) is 13.5. The molecule has 0 N–H and O–H groups in total. The van der Waals surface area contributed by atoms with E-state index in [2.05, 4.69) is 179 Å². The molecule has 0 fully saturated rings. The SMILES string of the molecule is CN1C=Cc2c(n(-c3ccccc3)c3c(-c4ccc5c6ccccc6n(-c6ccc(-c7ccccc7)cc6)c5c4)cccc23)C1. The Labute approximate surface area is 262 Å². The summed E-state index contributed by atoms with van der Waals surface area (Å²) >= 11 is 0. The standard InChI is InChI=1S/C42H31N3/c1-43-26-25-37-38-17-10-16-34(42(38)45(41(37)28-43)32-13-6-3-7-14-32)31-21-24-36-35-15-8-9-18-39(35)44(40(36)27-31)33-22-19-30(20-23-33)29-11-4-2-5-12-29/h2-27H,28H2,1H3. The van der Waals surface area contributed by atoms with Crippen LogP contribution in [0.15, 0.2) is 152 Å². The highest BCUT2D eigenvalue weighted by Gasteiger charge is 2.23. The third-order valence-electron chi connectivity index (χ3n) is 9.26. The number of para-hydroxylation sites is 3. The number of fused-ring (bicyclic) bond motifs is 6. The second kappa shape index (κ2) is 10.1. The molecule has 8 aromatic rings. The molecule has 0 spiro atoms. The Kier molecular flexibility index (Phi) is 5.79.